The Bertz CT molecular complexity index is 626. The van der Waals surface area contributed by atoms with Gasteiger partial charge in [-0.3, -0.25) is 4.79 Å². The Labute approximate surface area is 122 Å². The molecule has 5 heteroatoms. The molecule has 0 heterocycles. The highest BCUT2D eigenvalue weighted by atomic mass is 79.9. The van der Waals surface area contributed by atoms with Crippen LogP contribution in [0.25, 0.3) is 0 Å². The second-order valence-corrected chi connectivity index (χ2v) is 5.22. The summed E-state index contributed by atoms with van der Waals surface area (Å²) in [6.07, 6.45) is -0.335. The Morgan fingerprint density at radius 3 is 2.37 bits per heavy atom. The highest BCUT2D eigenvalue weighted by Gasteiger charge is 2.16. The maximum Gasteiger partial charge on any atom is 0.167 e. The van der Waals surface area contributed by atoms with Crippen LogP contribution in [0.2, 0.25) is 5.02 Å². The molecule has 2 aromatic carbocycles. The zero-order chi connectivity index (χ0) is 14.0. The van der Waals surface area contributed by atoms with Crippen molar-refractivity contribution in [3.8, 4) is 0 Å². The Kier molecular flexibility index (Phi) is 4.32. The minimum absolute atomic E-state index is 0.132. The van der Waals surface area contributed by atoms with Gasteiger partial charge in [-0.05, 0) is 52.3 Å². The van der Waals surface area contributed by atoms with Gasteiger partial charge in [0.05, 0.1) is 4.47 Å². The zero-order valence-corrected chi connectivity index (χ0v) is 11.9. The summed E-state index contributed by atoms with van der Waals surface area (Å²) < 4.78 is 27.4. The van der Waals surface area contributed by atoms with Crippen molar-refractivity contribution in [2.75, 3.05) is 0 Å². The first-order valence-corrected chi connectivity index (χ1v) is 6.57. The van der Waals surface area contributed by atoms with Gasteiger partial charge >= 0.3 is 0 Å². The molecule has 0 saturated heterocycles. The van der Waals surface area contributed by atoms with Crippen LogP contribution in [0.15, 0.2) is 40.9 Å². The summed E-state index contributed by atoms with van der Waals surface area (Å²) in [5.41, 5.74) is 0.123. The van der Waals surface area contributed by atoms with E-state index in [-0.39, 0.29) is 22.2 Å². The second-order valence-electron chi connectivity index (χ2n) is 3.93. The fraction of sp³-hybridized carbons (Fsp3) is 0.0714. The minimum atomic E-state index is -0.748. The van der Waals surface area contributed by atoms with E-state index in [4.69, 9.17) is 11.6 Å². The molecule has 1 nitrogen and oxygen atoms in total. The molecule has 2 aromatic rings. The number of carbonyl (C=O) groups is 1. The lowest BCUT2D eigenvalue weighted by atomic mass is 10.0. The Balaban J connectivity index is 2.29. The van der Waals surface area contributed by atoms with Crippen molar-refractivity contribution >= 4 is 33.3 Å². The zero-order valence-electron chi connectivity index (χ0n) is 9.59. The van der Waals surface area contributed by atoms with Crippen molar-refractivity contribution < 1.29 is 13.6 Å². The van der Waals surface area contributed by atoms with Crippen molar-refractivity contribution in [1.82, 2.24) is 0 Å². The number of hydrogen-bond acceptors (Lipinski definition) is 1. The van der Waals surface area contributed by atoms with Gasteiger partial charge in [-0.2, -0.15) is 0 Å². The van der Waals surface area contributed by atoms with Gasteiger partial charge in [0.1, 0.15) is 11.6 Å². The van der Waals surface area contributed by atoms with E-state index in [1.165, 1.54) is 18.2 Å². The van der Waals surface area contributed by atoms with Gasteiger partial charge in [0.25, 0.3) is 0 Å². The molecule has 0 aliphatic heterocycles. The monoisotopic (exact) mass is 344 g/mol. The van der Waals surface area contributed by atoms with Gasteiger partial charge in [-0.25, -0.2) is 8.78 Å². The van der Waals surface area contributed by atoms with Crippen molar-refractivity contribution in [3.63, 3.8) is 0 Å². The molecule has 98 valence electrons. The Morgan fingerprint density at radius 1 is 1.11 bits per heavy atom. The highest BCUT2D eigenvalue weighted by Crippen LogP contribution is 2.23. The second kappa shape index (κ2) is 5.80. The molecule has 0 amide bonds. The molecule has 0 bridgehead atoms. The quantitative estimate of drug-likeness (QED) is 0.576. The summed E-state index contributed by atoms with van der Waals surface area (Å²) in [6, 6.07) is 8.56. The molecule has 0 radical (unpaired) electrons. The topological polar surface area (TPSA) is 17.1 Å². The summed E-state index contributed by atoms with van der Waals surface area (Å²) in [5.74, 6) is -1.85. The van der Waals surface area contributed by atoms with E-state index < -0.39 is 11.6 Å². The van der Waals surface area contributed by atoms with Gasteiger partial charge in [-0.1, -0.05) is 11.6 Å². The molecule has 0 aromatic heterocycles. The molecule has 19 heavy (non-hydrogen) atoms. The number of hydrogen-bond donors (Lipinski definition) is 0. The molecule has 0 N–H and O–H groups in total. The number of rotatable bonds is 3. The van der Waals surface area contributed by atoms with Crippen LogP contribution in [0.3, 0.4) is 0 Å². The number of carbonyl (C=O) groups excluding carboxylic acids is 1. The maximum absolute atomic E-state index is 13.7. The fourth-order valence-corrected chi connectivity index (χ4v) is 2.13. The lowest BCUT2D eigenvalue weighted by Gasteiger charge is -2.06. The van der Waals surface area contributed by atoms with Crippen LogP contribution in [-0.4, -0.2) is 5.78 Å². The van der Waals surface area contributed by atoms with E-state index in [0.29, 0.717) is 10.6 Å². The van der Waals surface area contributed by atoms with Crippen molar-refractivity contribution in [2.45, 2.75) is 6.42 Å². The van der Waals surface area contributed by atoms with Gasteiger partial charge in [-0.15, -0.1) is 0 Å². The molecular formula is C14H8BrClF2O. The van der Waals surface area contributed by atoms with Gasteiger partial charge < -0.3 is 0 Å². The van der Waals surface area contributed by atoms with Crippen molar-refractivity contribution in [2.24, 2.45) is 0 Å². The van der Waals surface area contributed by atoms with Crippen LogP contribution in [0.1, 0.15) is 15.9 Å². The van der Waals surface area contributed by atoms with Crippen LogP contribution in [0.5, 0.6) is 0 Å². The van der Waals surface area contributed by atoms with Crippen molar-refractivity contribution in [1.29, 1.82) is 0 Å². The molecule has 0 saturated carbocycles. The van der Waals surface area contributed by atoms with Gasteiger partial charge in [0.2, 0.25) is 0 Å². The highest BCUT2D eigenvalue weighted by molar-refractivity contribution is 9.10. The summed E-state index contributed by atoms with van der Waals surface area (Å²) in [6.45, 7) is 0. The van der Waals surface area contributed by atoms with Crippen LogP contribution >= 0.6 is 27.5 Å². The van der Waals surface area contributed by atoms with Crippen molar-refractivity contribution in [3.05, 3.63) is 68.7 Å². The first-order chi connectivity index (χ1) is 8.99. The third kappa shape index (κ3) is 3.19. The summed E-state index contributed by atoms with van der Waals surface area (Å²) in [5, 5.41) is 0.497. The first kappa shape index (κ1) is 14.2. The maximum atomic E-state index is 13.7. The Hall–Kier alpha value is -1.26. The Morgan fingerprint density at radius 2 is 1.74 bits per heavy atom. The molecule has 0 aliphatic rings. The van der Waals surface area contributed by atoms with E-state index in [2.05, 4.69) is 15.9 Å². The van der Waals surface area contributed by atoms with E-state index in [0.717, 1.165) is 6.07 Å². The predicted molar refractivity (Wildman–Crippen MR) is 73.5 cm³/mol. The molecule has 2 rings (SSSR count). The molecular weight excluding hydrogens is 338 g/mol. The third-order valence-corrected chi connectivity index (χ3v) is 3.51. The summed E-state index contributed by atoms with van der Waals surface area (Å²) >= 11 is 8.68. The van der Waals surface area contributed by atoms with E-state index in [1.807, 2.05) is 0 Å². The lowest BCUT2D eigenvalue weighted by molar-refractivity contribution is 0.0990. The average Bonchev–Trinajstić information content (AvgIpc) is 2.40. The minimum Gasteiger partial charge on any atom is -0.294 e. The van der Waals surface area contributed by atoms with E-state index in [9.17, 15) is 13.6 Å². The lowest BCUT2D eigenvalue weighted by Crippen LogP contribution is -2.07. The fourth-order valence-electron chi connectivity index (χ4n) is 1.63. The standard InChI is InChI=1S/C14H8BrClF2O/c15-11-5-6-12(17)10(14(11)18)7-13(19)8-1-3-9(16)4-2-8/h1-6H,7H2. The average molecular weight is 346 g/mol. The van der Waals surface area contributed by atoms with Crippen LogP contribution in [-0.2, 0) is 6.42 Å². The van der Waals surface area contributed by atoms with E-state index >= 15 is 0 Å². The van der Waals surface area contributed by atoms with Crippen LogP contribution in [0, 0.1) is 11.6 Å². The smallest absolute Gasteiger partial charge is 0.167 e. The number of ketones is 1. The third-order valence-electron chi connectivity index (χ3n) is 2.64. The van der Waals surface area contributed by atoms with E-state index in [1.54, 1.807) is 12.1 Å². The number of halogens is 4. The SMILES string of the molecule is O=C(Cc1c(F)ccc(Br)c1F)c1ccc(Cl)cc1. The largest absolute Gasteiger partial charge is 0.294 e. The molecule has 0 spiro atoms. The predicted octanol–water partition coefficient (Wildman–Crippen LogP) is 4.81. The molecule has 0 fully saturated rings. The number of Topliss-reactive ketones (excluding diaryl/α,β-unsaturated/α-hetero) is 1. The molecule has 0 aliphatic carbocycles. The van der Waals surface area contributed by atoms with Crippen LogP contribution in [0.4, 0.5) is 8.78 Å². The van der Waals surface area contributed by atoms with Crippen LogP contribution < -0.4 is 0 Å². The summed E-state index contributed by atoms with van der Waals surface area (Å²) in [7, 11) is 0. The normalized spacial score (nSPS) is 10.5. The molecule has 0 atom stereocenters. The van der Waals surface area contributed by atoms with Gasteiger partial charge in [0, 0.05) is 22.6 Å². The van der Waals surface area contributed by atoms with Gasteiger partial charge in [0.15, 0.2) is 5.78 Å². The summed E-state index contributed by atoms with van der Waals surface area (Å²) in [4.78, 5) is 11.9. The number of benzene rings is 2. The molecule has 0 unspecified atom stereocenters. The first-order valence-electron chi connectivity index (χ1n) is 5.40.